The van der Waals surface area contributed by atoms with E-state index < -0.39 is 0 Å². The van der Waals surface area contributed by atoms with Gasteiger partial charge in [-0.15, -0.1) is 5.10 Å². The van der Waals surface area contributed by atoms with Gasteiger partial charge < -0.3 is 4.74 Å². The van der Waals surface area contributed by atoms with Crippen LogP contribution in [0.2, 0.25) is 0 Å². The van der Waals surface area contributed by atoms with E-state index in [9.17, 15) is 4.79 Å². The van der Waals surface area contributed by atoms with Gasteiger partial charge in [0.1, 0.15) is 12.3 Å². The second-order valence-electron chi connectivity index (χ2n) is 3.05. The van der Waals surface area contributed by atoms with Crippen LogP contribution in [0.15, 0.2) is 6.20 Å². The summed E-state index contributed by atoms with van der Waals surface area (Å²) in [4.78, 5) is 11.5. The maximum absolute atomic E-state index is 11.5. The topological polar surface area (TPSA) is 57.0 Å². The fourth-order valence-electron chi connectivity index (χ4n) is 1.15. The standard InChI is InChI=1S/C9H15N3O2/c1-3-4-5-12-8(6-10-11-12)9(13)7-14-2/h6H,3-5,7H2,1-2H3. The molecule has 0 bridgehead atoms. The van der Waals surface area contributed by atoms with Crippen LogP contribution in [0.5, 0.6) is 0 Å². The number of hydrogen-bond donors (Lipinski definition) is 0. The van der Waals surface area contributed by atoms with Gasteiger partial charge in [0, 0.05) is 13.7 Å². The number of carbonyl (C=O) groups is 1. The molecule has 0 spiro atoms. The van der Waals surface area contributed by atoms with Gasteiger partial charge in [0.2, 0.25) is 5.78 Å². The minimum absolute atomic E-state index is 0.0754. The van der Waals surface area contributed by atoms with Crippen LogP contribution in [-0.4, -0.2) is 34.5 Å². The summed E-state index contributed by atoms with van der Waals surface area (Å²) in [6.45, 7) is 2.91. The molecule has 0 aliphatic heterocycles. The first-order valence-electron chi connectivity index (χ1n) is 4.70. The Bertz CT molecular complexity index is 296. The summed E-state index contributed by atoms with van der Waals surface area (Å²) in [6, 6.07) is 0. The third-order valence-corrected chi connectivity index (χ3v) is 1.90. The molecular formula is C9H15N3O2. The second-order valence-corrected chi connectivity index (χ2v) is 3.05. The molecule has 1 aromatic heterocycles. The van der Waals surface area contributed by atoms with Crippen LogP contribution < -0.4 is 0 Å². The first kappa shape index (κ1) is 10.8. The summed E-state index contributed by atoms with van der Waals surface area (Å²) in [6.07, 6.45) is 3.55. The number of Topliss-reactive ketones (excluding diaryl/α,β-unsaturated/α-hetero) is 1. The van der Waals surface area contributed by atoms with Gasteiger partial charge in [-0.2, -0.15) is 0 Å². The summed E-state index contributed by atoms with van der Waals surface area (Å²) in [7, 11) is 1.50. The third-order valence-electron chi connectivity index (χ3n) is 1.90. The van der Waals surface area contributed by atoms with Crippen molar-refractivity contribution in [3.05, 3.63) is 11.9 Å². The fraction of sp³-hybridized carbons (Fsp3) is 0.667. The Labute approximate surface area is 83.1 Å². The molecule has 0 aliphatic carbocycles. The zero-order valence-corrected chi connectivity index (χ0v) is 8.56. The lowest BCUT2D eigenvalue weighted by Crippen LogP contribution is -2.14. The normalized spacial score (nSPS) is 10.4. The van der Waals surface area contributed by atoms with Crippen molar-refractivity contribution >= 4 is 5.78 Å². The summed E-state index contributed by atoms with van der Waals surface area (Å²) in [5.74, 6) is -0.0754. The lowest BCUT2D eigenvalue weighted by molar-refractivity contribution is 0.0836. The maximum atomic E-state index is 11.5. The lowest BCUT2D eigenvalue weighted by Gasteiger charge is -2.03. The van der Waals surface area contributed by atoms with Crippen molar-refractivity contribution in [2.75, 3.05) is 13.7 Å². The van der Waals surface area contributed by atoms with Crippen molar-refractivity contribution < 1.29 is 9.53 Å². The van der Waals surface area contributed by atoms with Crippen LogP contribution in [0.1, 0.15) is 30.3 Å². The van der Waals surface area contributed by atoms with Gasteiger partial charge in [0.25, 0.3) is 0 Å². The number of ketones is 1. The number of aryl methyl sites for hydroxylation is 1. The van der Waals surface area contributed by atoms with Gasteiger partial charge in [-0.25, -0.2) is 4.68 Å². The van der Waals surface area contributed by atoms with Crippen molar-refractivity contribution in [1.29, 1.82) is 0 Å². The van der Waals surface area contributed by atoms with Gasteiger partial charge in [-0.3, -0.25) is 4.79 Å². The van der Waals surface area contributed by atoms with Crippen LogP contribution in [0, 0.1) is 0 Å². The zero-order valence-electron chi connectivity index (χ0n) is 8.56. The van der Waals surface area contributed by atoms with Crippen LogP contribution >= 0.6 is 0 Å². The molecule has 0 fully saturated rings. The molecule has 0 atom stereocenters. The smallest absolute Gasteiger partial charge is 0.208 e. The molecule has 0 aromatic carbocycles. The van der Waals surface area contributed by atoms with E-state index in [1.165, 1.54) is 13.3 Å². The highest BCUT2D eigenvalue weighted by molar-refractivity contribution is 5.95. The minimum Gasteiger partial charge on any atom is -0.376 e. The van der Waals surface area contributed by atoms with Crippen molar-refractivity contribution in [1.82, 2.24) is 15.0 Å². The van der Waals surface area contributed by atoms with Crippen molar-refractivity contribution in [2.45, 2.75) is 26.3 Å². The van der Waals surface area contributed by atoms with E-state index in [-0.39, 0.29) is 12.4 Å². The van der Waals surface area contributed by atoms with E-state index >= 15 is 0 Å². The van der Waals surface area contributed by atoms with E-state index in [1.54, 1.807) is 4.68 Å². The second kappa shape index (κ2) is 5.49. The number of methoxy groups -OCH3 is 1. The quantitative estimate of drug-likeness (QED) is 0.636. The number of rotatable bonds is 6. The Hall–Kier alpha value is -1.23. The van der Waals surface area contributed by atoms with E-state index in [1.807, 2.05) is 0 Å². The molecular weight excluding hydrogens is 182 g/mol. The minimum atomic E-state index is -0.0754. The Kier molecular flexibility index (Phi) is 4.25. The first-order chi connectivity index (χ1) is 6.79. The van der Waals surface area contributed by atoms with Crippen molar-refractivity contribution in [3.63, 3.8) is 0 Å². The molecule has 78 valence electrons. The van der Waals surface area contributed by atoms with Crippen molar-refractivity contribution in [2.24, 2.45) is 0 Å². The van der Waals surface area contributed by atoms with Gasteiger partial charge in [0.05, 0.1) is 6.20 Å². The monoisotopic (exact) mass is 197 g/mol. The first-order valence-corrected chi connectivity index (χ1v) is 4.70. The maximum Gasteiger partial charge on any atom is 0.208 e. The molecule has 1 aromatic rings. The SMILES string of the molecule is CCCCn1nncc1C(=O)COC. The Morgan fingerprint density at radius 1 is 1.64 bits per heavy atom. The molecule has 1 heterocycles. The summed E-state index contributed by atoms with van der Waals surface area (Å²) in [5.41, 5.74) is 0.528. The van der Waals surface area contributed by atoms with Crippen LogP contribution in [0.4, 0.5) is 0 Å². The van der Waals surface area contributed by atoms with Gasteiger partial charge in [0.15, 0.2) is 0 Å². The average molecular weight is 197 g/mol. The number of ether oxygens (including phenoxy) is 1. The molecule has 5 heteroatoms. The number of unbranched alkanes of at least 4 members (excludes halogenated alkanes) is 1. The van der Waals surface area contributed by atoms with Gasteiger partial charge >= 0.3 is 0 Å². The summed E-state index contributed by atoms with van der Waals surface area (Å²) in [5, 5.41) is 7.56. The van der Waals surface area contributed by atoms with Gasteiger partial charge in [-0.05, 0) is 6.42 Å². The predicted octanol–water partition coefficient (Wildman–Crippen LogP) is 0.907. The molecule has 0 amide bonds. The van der Waals surface area contributed by atoms with Crippen LogP contribution in [-0.2, 0) is 11.3 Å². The fourth-order valence-corrected chi connectivity index (χ4v) is 1.15. The lowest BCUT2D eigenvalue weighted by atomic mass is 10.3. The highest BCUT2D eigenvalue weighted by Crippen LogP contribution is 2.01. The molecule has 0 unspecified atom stereocenters. The van der Waals surface area contributed by atoms with Crippen LogP contribution in [0.25, 0.3) is 0 Å². The number of nitrogens with zero attached hydrogens (tertiary/aromatic N) is 3. The number of carbonyl (C=O) groups excluding carboxylic acids is 1. The van der Waals surface area contributed by atoms with E-state index in [0.29, 0.717) is 5.69 Å². The Morgan fingerprint density at radius 3 is 3.07 bits per heavy atom. The van der Waals surface area contributed by atoms with Crippen LogP contribution in [0.3, 0.4) is 0 Å². The molecule has 0 N–H and O–H groups in total. The summed E-state index contributed by atoms with van der Waals surface area (Å²) >= 11 is 0. The molecule has 0 saturated heterocycles. The van der Waals surface area contributed by atoms with E-state index in [0.717, 1.165) is 19.4 Å². The molecule has 0 aliphatic rings. The highest BCUT2D eigenvalue weighted by Gasteiger charge is 2.11. The number of aromatic nitrogens is 3. The predicted molar refractivity (Wildman–Crippen MR) is 51.1 cm³/mol. The Morgan fingerprint density at radius 2 is 2.43 bits per heavy atom. The Balaban J connectivity index is 2.66. The summed E-state index contributed by atoms with van der Waals surface area (Å²) < 4.78 is 6.40. The molecule has 0 radical (unpaired) electrons. The number of hydrogen-bond acceptors (Lipinski definition) is 4. The zero-order chi connectivity index (χ0) is 10.4. The van der Waals surface area contributed by atoms with Crippen molar-refractivity contribution in [3.8, 4) is 0 Å². The average Bonchev–Trinajstić information content (AvgIpc) is 2.63. The van der Waals surface area contributed by atoms with Gasteiger partial charge in [-0.1, -0.05) is 18.6 Å². The molecule has 5 nitrogen and oxygen atoms in total. The molecule has 14 heavy (non-hydrogen) atoms. The molecule has 1 rings (SSSR count). The largest absolute Gasteiger partial charge is 0.376 e. The molecule has 0 saturated carbocycles. The van der Waals surface area contributed by atoms with E-state index in [4.69, 9.17) is 4.74 Å². The highest BCUT2D eigenvalue weighted by atomic mass is 16.5. The third kappa shape index (κ3) is 2.63. The van der Waals surface area contributed by atoms with E-state index in [2.05, 4.69) is 17.2 Å².